The molecule has 0 unspecified atom stereocenters. The van der Waals surface area contributed by atoms with Crippen LogP contribution < -0.4 is 16.0 Å². The van der Waals surface area contributed by atoms with Crippen LogP contribution in [0.5, 0.6) is 0 Å². The number of rotatable bonds is 9. The quantitative estimate of drug-likeness (QED) is 0.685. The van der Waals surface area contributed by atoms with Crippen LogP contribution >= 0.6 is 23.2 Å². The molecule has 2 rings (SSSR count). The van der Waals surface area contributed by atoms with E-state index in [-0.39, 0.29) is 0 Å². The van der Waals surface area contributed by atoms with Gasteiger partial charge in [-0.25, -0.2) is 9.97 Å². The summed E-state index contributed by atoms with van der Waals surface area (Å²) in [6.07, 6.45) is 1.46. The predicted octanol–water partition coefficient (Wildman–Crippen LogP) is 3.21. The normalized spacial score (nSPS) is 10.7. The van der Waals surface area contributed by atoms with E-state index in [0.717, 1.165) is 5.69 Å². The molecule has 7 nitrogen and oxygen atoms in total. The fourth-order valence-corrected chi connectivity index (χ4v) is 2.47. The molecule has 0 aliphatic rings. The van der Waals surface area contributed by atoms with Gasteiger partial charge in [0.25, 0.3) is 0 Å². The molecule has 136 valence electrons. The van der Waals surface area contributed by atoms with Gasteiger partial charge in [0.05, 0.1) is 23.3 Å². The van der Waals surface area contributed by atoms with E-state index in [0.29, 0.717) is 53.7 Å². The molecule has 0 bridgehead atoms. The average Bonchev–Trinajstić information content (AvgIpc) is 2.60. The zero-order chi connectivity index (χ0) is 18.2. The molecule has 0 aliphatic carbocycles. The van der Waals surface area contributed by atoms with E-state index in [1.807, 2.05) is 4.90 Å². The molecule has 0 amide bonds. The maximum absolute atomic E-state index is 6.27. The zero-order valence-electron chi connectivity index (χ0n) is 14.1. The molecule has 9 heteroatoms. The largest absolute Gasteiger partial charge is 0.393 e. The van der Waals surface area contributed by atoms with E-state index in [1.165, 1.54) is 6.33 Å². The lowest BCUT2D eigenvalue weighted by Gasteiger charge is -2.25. The molecule has 2 aromatic rings. The van der Waals surface area contributed by atoms with E-state index < -0.39 is 0 Å². The first-order valence-corrected chi connectivity index (χ1v) is 8.37. The van der Waals surface area contributed by atoms with E-state index in [4.69, 9.17) is 38.4 Å². The maximum atomic E-state index is 6.27. The molecular weight excluding hydrogens is 365 g/mol. The van der Waals surface area contributed by atoms with Crippen LogP contribution in [0.15, 0.2) is 24.5 Å². The molecule has 0 fully saturated rings. The van der Waals surface area contributed by atoms with Crippen LogP contribution in [0.3, 0.4) is 0 Å². The molecule has 0 radical (unpaired) electrons. The van der Waals surface area contributed by atoms with Crippen molar-refractivity contribution in [3.05, 3.63) is 34.6 Å². The van der Waals surface area contributed by atoms with Crippen LogP contribution in [-0.4, -0.2) is 50.5 Å². The number of benzene rings is 1. The third-order valence-electron chi connectivity index (χ3n) is 3.48. The van der Waals surface area contributed by atoms with Crippen molar-refractivity contribution in [3.63, 3.8) is 0 Å². The molecule has 1 aromatic heterocycles. The summed E-state index contributed by atoms with van der Waals surface area (Å²) in [5.41, 5.74) is 7.43. The summed E-state index contributed by atoms with van der Waals surface area (Å²) < 4.78 is 10.3. The van der Waals surface area contributed by atoms with Gasteiger partial charge in [0.2, 0.25) is 0 Å². The van der Waals surface area contributed by atoms with Gasteiger partial charge in [0, 0.05) is 33.0 Å². The second-order valence-electron chi connectivity index (χ2n) is 5.19. The second kappa shape index (κ2) is 9.62. The smallest absolute Gasteiger partial charge is 0.159 e. The first kappa shape index (κ1) is 19.5. The van der Waals surface area contributed by atoms with Crippen molar-refractivity contribution in [1.29, 1.82) is 0 Å². The Morgan fingerprint density at radius 3 is 2.36 bits per heavy atom. The van der Waals surface area contributed by atoms with Crippen LogP contribution in [0.25, 0.3) is 0 Å². The van der Waals surface area contributed by atoms with Crippen molar-refractivity contribution in [3.8, 4) is 0 Å². The Morgan fingerprint density at radius 2 is 1.76 bits per heavy atom. The number of hydrogen-bond donors (Lipinski definition) is 2. The van der Waals surface area contributed by atoms with Crippen LogP contribution in [0, 0.1) is 0 Å². The SMILES string of the molecule is COCCN(CCOC)c1ncnc(Nc2ccc(Cl)c(Cl)c2)c1N. The summed E-state index contributed by atoms with van der Waals surface area (Å²) in [7, 11) is 3.30. The lowest BCUT2D eigenvalue weighted by molar-refractivity contribution is 0.190. The van der Waals surface area contributed by atoms with Crippen LogP contribution in [0.2, 0.25) is 10.0 Å². The average molecular weight is 386 g/mol. The molecule has 0 saturated carbocycles. The summed E-state index contributed by atoms with van der Waals surface area (Å²) in [6.45, 7) is 2.35. The molecule has 3 N–H and O–H groups in total. The highest BCUT2D eigenvalue weighted by Crippen LogP contribution is 2.31. The minimum absolute atomic E-state index is 0.431. The number of hydrogen-bond acceptors (Lipinski definition) is 7. The number of nitrogens with zero attached hydrogens (tertiary/aromatic N) is 3. The Balaban J connectivity index is 2.25. The highest BCUT2D eigenvalue weighted by atomic mass is 35.5. The molecule has 0 aliphatic heterocycles. The van der Waals surface area contributed by atoms with E-state index in [2.05, 4.69) is 15.3 Å². The summed E-state index contributed by atoms with van der Waals surface area (Å²) in [5, 5.41) is 4.07. The van der Waals surface area contributed by atoms with Gasteiger partial charge in [-0.05, 0) is 18.2 Å². The number of aromatic nitrogens is 2. The van der Waals surface area contributed by atoms with Gasteiger partial charge in [-0.15, -0.1) is 0 Å². The number of ether oxygens (including phenoxy) is 2. The molecule has 1 heterocycles. The number of nitrogens with two attached hydrogens (primary N) is 1. The highest BCUT2D eigenvalue weighted by molar-refractivity contribution is 6.42. The molecular formula is C16H21Cl2N5O2. The van der Waals surface area contributed by atoms with Gasteiger partial charge in [-0.3, -0.25) is 0 Å². The van der Waals surface area contributed by atoms with Crippen molar-refractivity contribution in [1.82, 2.24) is 9.97 Å². The van der Waals surface area contributed by atoms with Gasteiger partial charge >= 0.3 is 0 Å². The Labute approximate surface area is 157 Å². The summed E-state index contributed by atoms with van der Waals surface area (Å²) in [4.78, 5) is 10.5. The Morgan fingerprint density at radius 1 is 1.08 bits per heavy atom. The first-order chi connectivity index (χ1) is 12.1. The fraction of sp³-hybridized carbons (Fsp3) is 0.375. The van der Waals surface area contributed by atoms with Gasteiger partial charge in [0.1, 0.15) is 12.0 Å². The number of nitrogens with one attached hydrogen (secondary N) is 1. The molecule has 0 saturated heterocycles. The highest BCUT2D eigenvalue weighted by Gasteiger charge is 2.15. The molecule has 1 aromatic carbocycles. The van der Waals surface area contributed by atoms with Gasteiger partial charge in [-0.2, -0.15) is 0 Å². The number of methoxy groups -OCH3 is 2. The minimum atomic E-state index is 0.431. The van der Waals surface area contributed by atoms with E-state index in [9.17, 15) is 0 Å². The van der Waals surface area contributed by atoms with Gasteiger partial charge in [0.15, 0.2) is 11.6 Å². The number of anilines is 4. The predicted molar refractivity (Wildman–Crippen MR) is 102 cm³/mol. The fourth-order valence-electron chi connectivity index (χ4n) is 2.18. The van der Waals surface area contributed by atoms with Crippen molar-refractivity contribution in [2.45, 2.75) is 0 Å². The van der Waals surface area contributed by atoms with Gasteiger partial charge in [-0.1, -0.05) is 23.2 Å². The Kier molecular flexibility index (Phi) is 7.52. The zero-order valence-corrected chi connectivity index (χ0v) is 15.6. The van der Waals surface area contributed by atoms with Crippen molar-refractivity contribution >= 4 is 46.2 Å². The van der Waals surface area contributed by atoms with Crippen molar-refractivity contribution < 1.29 is 9.47 Å². The summed E-state index contributed by atoms with van der Waals surface area (Å²) in [6, 6.07) is 5.20. The lowest BCUT2D eigenvalue weighted by Crippen LogP contribution is -2.32. The third-order valence-corrected chi connectivity index (χ3v) is 4.21. The van der Waals surface area contributed by atoms with Crippen LogP contribution in [0.4, 0.5) is 23.0 Å². The standard InChI is InChI=1S/C16H21Cl2N5O2/c1-24-7-5-23(6-8-25-2)16-14(19)15(20-10-21-16)22-11-3-4-12(17)13(18)9-11/h3-4,9-10H,5-8,19H2,1-2H3,(H,20,21,22). The monoisotopic (exact) mass is 385 g/mol. The molecule has 25 heavy (non-hydrogen) atoms. The van der Waals surface area contributed by atoms with E-state index in [1.54, 1.807) is 32.4 Å². The van der Waals surface area contributed by atoms with Gasteiger partial charge < -0.3 is 25.4 Å². The van der Waals surface area contributed by atoms with Crippen molar-refractivity contribution in [2.75, 3.05) is 56.5 Å². The summed E-state index contributed by atoms with van der Waals surface area (Å²) in [5.74, 6) is 1.11. The lowest BCUT2D eigenvalue weighted by atomic mass is 10.3. The molecule has 0 spiro atoms. The minimum Gasteiger partial charge on any atom is -0.393 e. The Hall–Kier alpha value is -1.80. The van der Waals surface area contributed by atoms with Crippen LogP contribution in [0.1, 0.15) is 0 Å². The Bertz CT molecular complexity index is 694. The number of nitrogen functional groups attached to an aromatic ring is 1. The first-order valence-electron chi connectivity index (χ1n) is 7.62. The topological polar surface area (TPSA) is 85.5 Å². The van der Waals surface area contributed by atoms with E-state index >= 15 is 0 Å². The maximum Gasteiger partial charge on any atom is 0.159 e. The molecule has 0 atom stereocenters. The summed E-state index contributed by atoms with van der Waals surface area (Å²) >= 11 is 12.0. The second-order valence-corrected chi connectivity index (χ2v) is 6.00. The van der Waals surface area contributed by atoms with Crippen LogP contribution in [-0.2, 0) is 9.47 Å². The third kappa shape index (κ3) is 5.34. The number of halogens is 2. The van der Waals surface area contributed by atoms with Crippen molar-refractivity contribution in [2.24, 2.45) is 0 Å².